The molecule has 0 saturated heterocycles. The van der Waals surface area contributed by atoms with E-state index < -0.39 is 5.97 Å². The van der Waals surface area contributed by atoms with Crippen LogP contribution < -0.4 is 5.32 Å². The lowest BCUT2D eigenvalue weighted by atomic mass is 10.1. The minimum atomic E-state index is -0.596. The van der Waals surface area contributed by atoms with E-state index in [1.807, 2.05) is 18.2 Å². The van der Waals surface area contributed by atoms with Crippen LogP contribution >= 0.6 is 11.6 Å². The lowest BCUT2D eigenvalue weighted by molar-refractivity contribution is -0.134. The van der Waals surface area contributed by atoms with Gasteiger partial charge in [0.1, 0.15) is 11.5 Å². The number of furan rings is 1. The van der Waals surface area contributed by atoms with Crippen LogP contribution in [0.3, 0.4) is 0 Å². The average Bonchev–Trinajstić information content (AvgIpc) is 3.25. The van der Waals surface area contributed by atoms with Gasteiger partial charge in [0.25, 0.3) is 5.91 Å². The van der Waals surface area contributed by atoms with Gasteiger partial charge in [-0.15, -0.1) is 0 Å². The molecule has 0 aliphatic carbocycles. The number of rotatable bonds is 8. The maximum Gasteiger partial charge on any atom is 0.338 e. The van der Waals surface area contributed by atoms with Crippen LogP contribution in [-0.4, -0.2) is 36.3 Å². The number of likely N-dealkylation sites (N-methyl/N-ethyl adjacent to an activating group) is 1. The highest BCUT2D eigenvalue weighted by molar-refractivity contribution is 6.30. The van der Waals surface area contributed by atoms with Crippen molar-refractivity contribution in [3.63, 3.8) is 0 Å². The third-order valence-corrected chi connectivity index (χ3v) is 4.92. The van der Waals surface area contributed by atoms with Crippen molar-refractivity contribution >= 4 is 29.4 Å². The fourth-order valence-electron chi connectivity index (χ4n) is 2.86. The third-order valence-electron chi connectivity index (χ3n) is 4.67. The van der Waals surface area contributed by atoms with E-state index >= 15 is 0 Å². The van der Waals surface area contributed by atoms with Crippen LogP contribution in [0.2, 0.25) is 5.02 Å². The van der Waals surface area contributed by atoms with E-state index in [1.165, 1.54) is 11.8 Å². The fourth-order valence-corrected chi connectivity index (χ4v) is 2.99. The number of carbonyl (C=O) groups is 3. The molecule has 2 aromatic carbocycles. The van der Waals surface area contributed by atoms with Gasteiger partial charge in [-0.05, 0) is 54.1 Å². The third kappa shape index (κ3) is 6.46. The molecule has 0 bridgehead atoms. The van der Waals surface area contributed by atoms with Crippen LogP contribution in [-0.2, 0) is 27.4 Å². The van der Waals surface area contributed by atoms with Gasteiger partial charge in [0.05, 0.1) is 12.1 Å². The first-order valence-electron chi connectivity index (χ1n) is 9.91. The Bertz CT molecular complexity index is 1090. The van der Waals surface area contributed by atoms with Gasteiger partial charge in [0.15, 0.2) is 6.61 Å². The standard InChI is InChI=1S/C24H23ClN2O5/c1-16(28)26-13-17-3-5-19(6-4-17)24(30)31-15-23(29)27(2)14-21-11-12-22(32-21)18-7-9-20(25)10-8-18/h3-12H,13-15H2,1-2H3,(H,26,28). The summed E-state index contributed by atoms with van der Waals surface area (Å²) in [5.74, 6) is 0.190. The van der Waals surface area contributed by atoms with Crippen LogP contribution in [0.1, 0.15) is 28.6 Å². The molecular formula is C24H23ClN2O5. The van der Waals surface area contributed by atoms with Crippen LogP contribution in [0.4, 0.5) is 0 Å². The quantitative estimate of drug-likeness (QED) is 0.519. The normalized spacial score (nSPS) is 10.5. The second-order valence-electron chi connectivity index (χ2n) is 7.21. The van der Waals surface area contributed by atoms with Crippen molar-refractivity contribution in [2.24, 2.45) is 0 Å². The highest BCUT2D eigenvalue weighted by atomic mass is 35.5. The molecule has 0 aliphatic rings. The summed E-state index contributed by atoms with van der Waals surface area (Å²) in [7, 11) is 1.61. The molecule has 0 aliphatic heterocycles. The van der Waals surface area contributed by atoms with Gasteiger partial charge in [-0.2, -0.15) is 0 Å². The second kappa shape index (κ2) is 10.6. The van der Waals surface area contributed by atoms with E-state index in [4.69, 9.17) is 20.8 Å². The van der Waals surface area contributed by atoms with Crippen molar-refractivity contribution in [2.45, 2.75) is 20.0 Å². The van der Waals surface area contributed by atoms with Gasteiger partial charge < -0.3 is 19.4 Å². The summed E-state index contributed by atoms with van der Waals surface area (Å²) in [5.41, 5.74) is 2.06. The van der Waals surface area contributed by atoms with Gasteiger partial charge in [-0.1, -0.05) is 23.7 Å². The molecule has 0 atom stereocenters. The molecule has 0 fully saturated rings. The Morgan fingerprint density at radius 2 is 1.69 bits per heavy atom. The summed E-state index contributed by atoms with van der Waals surface area (Å²) >= 11 is 5.90. The summed E-state index contributed by atoms with van der Waals surface area (Å²) in [6.45, 7) is 1.67. The number of ether oxygens (including phenoxy) is 1. The van der Waals surface area contributed by atoms with Crippen LogP contribution in [0.25, 0.3) is 11.3 Å². The zero-order chi connectivity index (χ0) is 23.1. The Morgan fingerprint density at radius 3 is 2.34 bits per heavy atom. The molecule has 0 radical (unpaired) electrons. The van der Waals surface area contributed by atoms with Crippen molar-refractivity contribution in [3.05, 3.63) is 82.6 Å². The predicted octanol–water partition coefficient (Wildman–Crippen LogP) is 4.05. The molecule has 3 rings (SSSR count). The minimum absolute atomic E-state index is 0.133. The minimum Gasteiger partial charge on any atom is -0.459 e. The number of amides is 2. The topological polar surface area (TPSA) is 88.8 Å². The summed E-state index contributed by atoms with van der Waals surface area (Å²) < 4.78 is 10.9. The first kappa shape index (κ1) is 23.1. The van der Waals surface area contributed by atoms with Crippen molar-refractivity contribution in [2.75, 3.05) is 13.7 Å². The van der Waals surface area contributed by atoms with Gasteiger partial charge in [0.2, 0.25) is 5.91 Å². The smallest absolute Gasteiger partial charge is 0.338 e. The van der Waals surface area contributed by atoms with Gasteiger partial charge in [0, 0.05) is 31.1 Å². The Kier molecular flexibility index (Phi) is 7.68. The van der Waals surface area contributed by atoms with Crippen molar-refractivity contribution in [3.8, 4) is 11.3 Å². The number of nitrogens with one attached hydrogen (secondary N) is 1. The first-order valence-corrected chi connectivity index (χ1v) is 10.3. The molecule has 166 valence electrons. The maximum absolute atomic E-state index is 12.4. The summed E-state index contributed by atoms with van der Waals surface area (Å²) in [4.78, 5) is 36.9. The van der Waals surface area contributed by atoms with E-state index in [-0.39, 0.29) is 25.0 Å². The Morgan fingerprint density at radius 1 is 1.00 bits per heavy atom. The molecular weight excluding hydrogens is 432 g/mol. The van der Waals surface area contributed by atoms with Gasteiger partial charge in [-0.25, -0.2) is 4.79 Å². The van der Waals surface area contributed by atoms with E-state index in [9.17, 15) is 14.4 Å². The SMILES string of the molecule is CC(=O)NCc1ccc(C(=O)OCC(=O)N(C)Cc2ccc(-c3ccc(Cl)cc3)o2)cc1. The molecule has 32 heavy (non-hydrogen) atoms. The first-order chi connectivity index (χ1) is 15.3. The van der Waals surface area contributed by atoms with Crippen LogP contribution in [0, 0.1) is 0 Å². The molecule has 0 saturated carbocycles. The maximum atomic E-state index is 12.4. The number of carbonyl (C=O) groups excluding carboxylic acids is 3. The second-order valence-corrected chi connectivity index (χ2v) is 7.64. The van der Waals surface area contributed by atoms with Crippen molar-refractivity contribution in [1.29, 1.82) is 0 Å². The fraction of sp³-hybridized carbons (Fsp3) is 0.208. The van der Waals surface area contributed by atoms with Crippen molar-refractivity contribution < 1.29 is 23.5 Å². The number of hydrogen-bond donors (Lipinski definition) is 1. The highest BCUT2D eigenvalue weighted by Gasteiger charge is 2.15. The van der Waals surface area contributed by atoms with E-state index in [1.54, 1.807) is 49.5 Å². The highest BCUT2D eigenvalue weighted by Crippen LogP contribution is 2.24. The molecule has 1 aromatic heterocycles. The van der Waals surface area contributed by atoms with E-state index in [0.717, 1.165) is 11.1 Å². The number of hydrogen-bond acceptors (Lipinski definition) is 5. The summed E-state index contributed by atoms with van der Waals surface area (Å²) in [6, 6.07) is 17.5. The van der Waals surface area contributed by atoms with Gasteiger partial charge >= 0.3 is 5.97 Å². The monoisotopic (exact) mass is 454 g/mol. The molecule has 7 nitrogen and oxygen atoms in total. The number of nitrogens with zero attached hydrogens (tertiary/aromatic N) is 1. The number of esters is 1. The lowest BCUT2D eigenvalue weighted by Gasteiger charge is -2.15. The Balaban J connectivity index is 1.49. The molecule has 3 aromatic rings. The molecule has 1 heterocycles. The number of benzene rings is 2. The van der Waals surface area contributed by atoms with E-state index in [0.29, 0.717) is 28.7 Å². The molecule has 0 unspecified atom stereocenters. The zero-order valence-corrected chi connectivity index (χ0v) is 18.5. The predicted molar refractivity (Wildman–Crippen MR) is 120 cm³/mol. The molecule has 0 spiro atoms. The van der Waals surface area contributed by atoms with Gasteiger partial charge in [-0.3, -0.25) is 9.59 Å². The van der Waals surface area contributed by atoms with Crippen molar-refractivity contribution in [1.82, 2.24) is 10.2 Å². The molecule has 1 N–H and O–H groups in total. The molecule has 2 amide bonds. The lowest BCUT2D eigenvalue weighted by Crippen LogP contribution is -2.30. The average molecular weight is 455 g/mol. The summed E-state index contributed by atoms with van der Waals surface area (Å²) in [5, 5.41) is 3.32. The largest absolute Gasteiger partial charge is 0.459 e. The summed E-state index contributed by atoms with van der Waals surface area (Å²) in [6.07, 6.45) is 0. The van der Waals surface area contributed by atoms with Crippen LogP contribution in [0.15, 0.2) is 65.1 Å². The molecule has 8 heteroatoms. The Labute approximate surface area is 190 Å². The number of halogens is 1. The Hall–Kier alpha value is -3.58. The van der Waals surface area contributed by atoms with E-state index in [2.05, 4.69) is 5.32 Å². The zero-order valence-electron chi connectivity index (χ0n) is 17.8. The van der Waals surface area contributed by atoms with Crippen LogP contribution in [0.5, 0.6) is 0 Å².